The van der Waals surface area contributed by atoms with Crippen LogP contribution in [0.1, 0.15) is 0 Å². The zero-order chi connectivity index (χ0) is 6.10. The van der Waals surface area contributed by atoms with E-state index < -0.39 is 0 Å². The molecule has 0 atom stereocenters. The Balaban J connectivity index is 0.000000500. The standard InChI is InChI=1S/C8H7N.K.H/c1-2-4-8-7(3-1)5-6-9-8;;/h1-6,9H;;. The van der Waals surface area contributed by atoms with E-state index in [2.05, 4.69) is 23.2 Å². The van der Waals surface area contributed by atoms with Crippen molar-refractivity contribution in [3.8, 4) is 0 Å². The van der Waals surface area contributed by atoms with Crippen LogP contribution in [0.3, 0.4) is 0 Å². The molecule has 1 nitrogen and oxygen atoms in total. The molecule has 0 saturated carbocycles. The molecule has 0 aliphatic carbocycles. The Morgan fingerprint density at radius 3 is 2.60 bits per heavy atom. The predicted octanol–water partition coefficient (Wildman–Crippen LogP) is 1.52. The van der Waals surface area contributed by atoms with E-state index in [1.807, 2.05) is 18.3 Å². The van der Waals surface area contributed by atoms with Crippen molar-refractivity contribution < 1.29 is 0 Å². The number of aromatic nitrogens is 1. The summed E-state index contributed by atoms with van der Waals surface area (Å²) in [5, 5.41) is 1.28. The van der Waals surface area contributed by atoms with Crippen molar-refractivity contribution in [2.24, 2.45) is 0 Å². The third kappa shape index (κ3) is 1.52. The molecule has 0 spiro atoms. The predicted molar refractivity (Wildman–Crippen MR) is 45.4 cm³/mol. The Hall–Kier alpha value is 0.396. The fraction of sp³-hybridized carbons (Fsp3) is 0. The molecule has 2 rings (SSSR count). The number of para-hydroxylation sites is 1. The van der Waals surface area contributed by atoms with Gasteiger partial charge in [-0.05, 0) is 17.5 Å². The molecule has 0 aliphatic rings. The van der Waals surface area contributed by atoms with Gasteiger partial charge in [0.05, 0.1) is 0 Å². The summed E-state index contributed by atoms with van der Waals surface area (Å²) in [5.74, 6) is 0. The minimum absolute atomic E-state index is 0. The van der Waals surface area contributed by atoms with Gasteiger partial charge in [0.2, 0.25) is 0 Å². The van der Waals surface area contributed by atoms with Crippen LogP contribution in [0.25, 0.3) is 10.9 Å². The van der Waals surface area contributed by atoms with E-state index in [1.54, 1.807) is 0 Å². The van der Waals surface area contributed by atoms with Gasteiger partial charge in [-0.15, -0.1) is 0 Å². The SMILES string of the molecule is [KH].c1ccc2[nH]ccc2c1. The Morgan fingerprint density at radius 1 is 1.00 bits per heavy atom. The maximum atomic E-state index is 3.12. The minimum atomic E-state index is 0. The molecule has 2 heteroatoms. The summed E-state index contributed by atoms with van der Waals surface area (Å²) < 4.78 is 0. The van der Waals surface area contributed by atoms with Gasteiger partial charge in [0.25, 0.3) is 0 Å². The van der Waals surface area contributed by atoms with Crippen LogP contribution in [0.15, 0.2) is 36.5 Å². The first-order chi connectivity index (χ1) is 4.47. The van der Waals surface area contributed by atoms with Crippen LogP contribution in [0, 0.1) is 0 Å². The number of rotatable bonds is 0. The van der Waals surface area contributed by atoms with Gasteiger partial charge in [-0.2, -0.15) is 0 Å². The second-order valence-electron chi connectivity index (χ2n) is 2.06. The number of fused-ring (bicyclic) bond motifs is 1. The largest absolute Gasteiger partial charge is 0.361 e. The van der Waals surface area contributed by atoms with Crippen molar-refractivity contribution in [2.75, 3.05) is 0 Å². The fourth-order valence-electron chi connectivity index (χ4n) is 0.995. The average molecular weight is 157 g/mol. The van der Waals surface area contributed by atoms with E-state index in [4.69, 9.17) is 0 Å². The molecule has 0 saturated heterocycles. The minimum Gasteiger partial charge on any atom is -0.361 e. The van der Waals surface area contributed by atoms with Crippen molar-refractivity contribution in [1.29, 1.82) is 0 Å². The van der Waals surface area contributed by atoms with Crippen LogP contribution in [-0.2, 0) is 0 Å². The molecule has 1 heterocycles. The first kappa shape index (κ1) is 8.49. The van der Waals surface area contributed by atoms with Gasteiger partial charge in [0.1, 0.15) is 0 Å². The smallest absolute Gasteiger partial charge is 0.0453 e. The zero-order valence-electron chi connectivity index (χ0n) is 4.96. The summed E-state index contributed by atoms with van der Waals surface area (Å²) in [6.45, 7) is 0. The fourth-order valence-corrected chi connectivity index (χ4v) is 0.995. The number of H-pyrrole nitrogens is 1. The summed E-state index contributed by atoms with van der Waals surface area (Å²) in [6.07, 6.45) is 1.95. The van der Waals surface area contributed by atoms with E-state index in [-0.39, 0.29) is 51.4 Å². The maximum Gasteiger partial charge on any atom is 0.0453 e. The second kappa shape index (κ2) is 3.69. The monoisotopic (exact) mass is 157 g/mol. The van der Waals surface area contributed by atoms with Gasteiger partial charge in [-0.25, -0.2) is 0 Å². The van der Waals surface area contributed by atoms with E-state index in [0.29, 0.717) is 0 Å². The number of nitrogens with one attached hydrogen (secondary N) is 1. The zero-order valence-corrected chi connectivity index (χ0v) is 4.96. The van der Waals surface area contributed by atoms with Crippen molar-refractivity contribution >= 4 is 62.3 Å². The summed E-state index contributed by atoms with van der Waals surface area (Å²) in [7, 11) is 0. The normalized spacial score (nSPS) is 9.20. The maximum absolute atomic E-state index is 3.12. The van der Waals surface area contributed by atoms with Gasteiger partial charge in [0, 0.05) is 11.7 Å². The molecule has 1 aromatic heterocycles. The number of hydrogen-bond acceptors (Lipinski definition) is 0. The second-order valence-corrected chi connectivity index (χ2v) is 2.06. The van der Waals surface area contributed by atoms with Crippen LogP contribution in [0.2, 0.25) is 0 Å². The molecule has 1 aromatic carbocycles. The quantitative estimate of drug-likeness (QED) is 0.558. The Kier molecular flexibility index (Phi) is 3.13. The van der Waals surface area contributed by atoms with Crippen LogP contribution >= 0.6 is 0 Å². The van der Waals surface area contributed by atoms with Gasteiger partial charge < -0.3 is 4.98 Å². The molecule has 0 fully saturated rings. The van der Waals surface area contributed by atoms with E-state index in [0.717, 1.165) is 0 Å². The average Bonchev–Trinajstić information content (AvgIpc) is 2.33. The van der Waals surface area contributed by atoms with Crippen molar-refractivity contribution in [3.63, 3.8) is 0 Å². The van der Waals surface area contributed by atoms with Gasteiger partial charge in [-0.3, -0.25) is 0 Å². The van der Waals surface area contributed by atoms with Crippen molar-refractivity contribution in [3.05, 3.63) is 36.5 Å². The molecule has 2 aromatic rings. The molecule has 0 bridgehead atoms. The molecule has 0 amide bonds. The first-order valence-electron chi connectivity index (χ1n) is 2.99. The molecule has 0 aliphatic heterocycles. The van der Waals surface area contributed by atoms with E-state index >= 15 is 0 Å². The van der Waals surface area contributed by atoms with Gasteiger partial charge in [-0.1, -0.05) is 18.2 Å². The number of benzene rings is 1. The number of aromatic amines is 1. The summed E-state index contributed by atoms with van der Waals surface area (Å²) in [6, 6.07) is 10.3. The van der Waals surface area contributed by atoms with Crippen molar-refractivity contribution in [2.45, 2.75) is 0 Å². The summed E-state index contributed by atoms with van der Waals surface area (Å²) in [4.78, 5) is 3.12. The van der Waals surface area contributed by atoms with Crippen LogP contribution in [0.5, 0.6) is 0 Å². The Morgan fingerprint density at radius 2 is 1.80 bits per heavy atom. The van der Waals surface area contributed by atoms with Crippen LogP contribution in [-0.4, -0.2) is 56.4 Å². The third-order valence-corrected chi connectivity index (χ3v) is 1.46. The molecule has 0 unspecified atom stereocenters. The van der Waals surface area contributed by atoms with E-state index in [1.165, 1.54) is 10.9 Å². The topological polar surface area (TPSA) is 15.8 Å². The summed E-state index contributed by atoms with van der Waals surface area (Å²) in [5.41, 5.74) is 1.21. The molecule has 46 valence electrons. The Bertz CT molecular complexity index is 283. The van der Waals surface area contributed by atoms with E-state index in [9.17, 15) is 0 Å². The third-order valence-electron chi connectivity index (χ3n) is 1.46. The van der Waals surface area contributed by atoms with Crippen LogP contribution < -0.4 is 0 Å². The molecular weight excluding hydrogens is 149 g/mol. The molecule has 1 N–H and O–H groups in total. The van der Waals surface area contributed by atoms with Crippen molar-refractivity contribution in [1.82, 2.24) is 4.98 Å². The van der Waals surface area contributed by atoms with Crippen LogP contribution in [0.4, 0.5) is 0 Å². The number of hydrogen-bond donors (Lipinski definition) is 1. The molecule has 10 heavy (non-hydrogen) atoms. The van der Waals surface area contributed by atoms with Gasteiger partial charge in [0.15, 0.2) is 0 Å². The Labute approximate surface area is 102 Å². The molecule has 0 radical (unpaired) electrons. The van der Waals surface area contributed by atoms with Gasteiger partial charge >= 0.3 is 51.4 Å². The molecular formula is C8H8KN. The first-order valence-corrected chi connectivity index (χ1v) is 2.99. The summed E-state index contributed by atoms with van der Waals surface area (Å²) >= 11 is 0.